The van der Waals surface area contributed by atoms with Crippen LogP contribution in [0.1, 0.15) is 19.3 Å². The molecule has 2 unspecified atom stereocenters. The van der Waals surface area contributed by atoms with Crippen LogP contribution in [0.25, 0.3) is 0 Å². The molecule has 2 atom stereocenters. The van der Waals surface area contributed by atoms with Gasteiger partial charge in [-0.25, -0.2) is 0 Å². The lowest BCUT2D eigenvalue weighted by Crippen LogP contribution is -2.41. The van der Waals surface area contributed by atoms with Crippen molar-refractivity contribution >= 4 is 21.8 Å². The second-order valence-electron chi connectivity index (χ2n) is 4.85. The lowest BCUT2D eigenvalue weighted by atomic mass is 10.1. The van der Waals surface area contributed by atoms with Crippen LogP contribution in [-0.2, 0) is 4.79 Å². The molecule has 2 aliphatic rings. The molecular weight excluding hydrogens is 299 g/mol. The van der Waals surface area contributed by atoms with E-state index in [1.165, 1.54) is 0 Å². The number of carbonyl (C=O) groups excluding carboxylic acids is 1. The number of rotatable bonds is 4. The van der Waals surface area contributed by atoms with E-state index in [1.54, 1.807) is 0 Å². The first-order valence-electron chi connectivity index (χ1n) is 5.85. The summed E-state index contributed by atoms with van der Waals surface area (Å²) in [5.74, 6) is 0.323. The van der Waals surface area contributed by atoms with E-state index in [4.69, 9.17) is 0 Å². The highest BCUT2D eigenvalue weighted by Crippen LogP contribution is 2.58. The van der Waals surface area contributed by atoms with Gasteiger partial charge in [0.25, 0.3) is 0 Å². The SMILES string of the molecule is O=C(C1C2CCCC21)N(CCBr)CC(F)(F)F. The van der Waals surface area contributed by atoms with Crippen LogP contribution < -0.4 is 0 Å². The molecule has 0 heterocycles. The molecule has 0 aliphatic heterocycles. The van der Waals surface area contributed by atoms with Crippen molar-refractivity contribution in [2.24, 2.45) is 17.8 Å². The first-order chi connectivity index (χ1) is 7.94. The van der Waals surface area contributed by atoms with E-state index < -0.39 is 12.7 Å². The Morgan fingerprint density at radius 1 is 1.29 bits per heavy atom. The quantitative estimate of drug-likeness (QED) is 0.731. The summed E-state index contributed by atoms with van der Waals surface area (Å²) in [6, 6.07) is 0. The molecule has 0 aromatic carbocycles. The van der Waals surface area contributed by atoms with Gasteiger partial charge in [0.2, 0.25) is 5.91 Å². The zero-order chi connectivity index (χ0) is 12.6. The van der Waals surface area contributed by atoms with Crippen LogP contribution in [0.15, 0.2) is 0 Å². The zero-order valence-electron chi connectivity index (χ0n) is 9.34. The van der Waals surface area contributed by atoms with E-state index in [2.05, 4.69) is 15.9 Å². The van der Waals surface area contributed by atoms with E-state index in [0.717, 1.165) is 24.2 Å². The van der Waals surface area contributed by atoms with Gasteiger partial charge in [-0.05, 0) is 24.7 Å². The summed E-state index contributed by atoms with van der Waals surface area (Å²) >= 11 is 3.10. The third-order valence-electron chi connectivity index (χ3n) is 3.73. The second kappa shape index (κ2) is 4.78. The first kappa shape index (κ1) is 13.2. The second-order valence-corrected chi connectivity index (χ2v) is 5.64. The van der Waals surface area contributed by atoms with Gasteiger partial charge in [0.05, 0.1) is 0 Å². The molecule has 2 rings (SSSR count). The van der Waals surface area contributed by atoms with Crippen LogP contribution in [0, 0.1) is 17.8 Å². The van der Waals surface area contributed by atoms with Crippen LogP contribution in [0.2, 0.25) is 0 Å². The minimum Gasteiger partial charge on any atom is -0.332 e. The van der Waals surface area contributed by atoms with Crippen molar-refractivity contribution in [3.05, 3.63) is 0 Å². The van der Waals surface area contributed by atoms with E-state index in [9.17, 15) is 18.0 Å². The fourth-order valence-electron chi connectivity index (χ4n) is 2.98. The van der Waals surface area contributed by atoms with Gasteiger partial charge in [0, 0.05) is 17.8 Å². The Labute approximate surface area is 107 Å². The molecule has 2 nitrogen and oxygen atoms in total. The van der Waals surface area contributed by atoms with Gasteiger partial charge < -0.3 is 4.90 Å². The molecule has 1 amide bonds. The van der Waals surface area contributed by atoms with Crippen LogP contribution in [0.5, 0.6) is 0 Å². The van der Waals surface area contributed by atoms with Gasteiger partial charge in [-0.2, -0.15) is 13.2 Å². The Bertz CT molecular complexity index is 298. The van der Waals surface area contributed by atoms with Crippen molar-refractivity contribution in [2.45, 2.75) is 25.4 Å². The summed E-state index contributed by atoms with van der Waals surface area (Å²) in [5, 5.41) is 0.386. The summed E-state index contributed by atoms with van der Waals surface area (Å²) in [6.45, 7) is -0.984. The highest BCUT2D eigenvalue weighted by molar-refractivity contribution is 9.09. The number of alkyl halides is 4. The monoisotopic (exact) mass is 313 g/mol. The average molecular weight is 314 g/mol. The van der Waals surface area contributed by atoms with Crippen LogP contribution in [-0.4, -0.2) is 35.4 Å². The molecule has 17 heavy (non-hydrogen) atoms. The maximum absolute atomic E-state index is 12.4. The summed E-state index contributed by atoms with van der Waals surface area (Å²) < 4.78 is 37.1. The minimum atomic E-state index is -4.30. The molecular formula is C11H15BrF3NO. The van der Waals surface area contributed by atoms with Crippen molar-refractivity contribution in [2.75, 3.05) is 18.4 Å². The number of fused-ring (bicyclic) bond motifs is 1. The van der Waals surface area contributed by atoms with Crippen molar-refractivity contribution < 1.29 is 18.0 Å². The molecule has 0 aromatic rings. The van der Waals surface area contributed by atoms with E-state index in [1.807, 2.05) is 0 Å². The average Bonchev–Trinajstić information content (AvgIpc) is 2.68. The number of hydrogen-bond acceptors (Lipinski definition) is 1. The van der Waals surface area contributed by atoms with Crippen molar-refractivity contribution in [3.8, 4) is 0 Å². The molecule has 2 fully saturated rings. The summed E-state index contributed by atoms with van der Waals surface area (Å²) in [7, 11) is 0. The molecule has 0 aromatic heterocycles. The third-order valence-corrected chi connectivity index (χ3v) is 4.08. The molecule has 98 valence electrons. The topological polar surface area (TPSA) is 20.3 Å². The Balaban J connectivity index is 1.94. The Morgan fingerprint density at radius 2 is 1.88 bits per heavy atom. The summed E-state index contributed by atoms with van der Waals surface area (Å²) in [6.07, 6.45) is -1.16. The van der Waals surface area contributed by atoms with E-state index >= 15 is 0 Å². The molecule has 2 saturated carbocycles. The molecule has 0 radical (unpaired) electrons. The Morgan fingerprint density at radius 3 is 2.35 bits per heavy atom. The molecule has 0 bridgehead atoms. The van der Waals surface area contributed by atoms with Crippen molar-refractivity contribution in [1.29, 1.82) is 0 Å². The van der Waals surface area contributed by atoms with Gasteiger partial charge in [-0.1, -0.05) is 22.4 Å². The van der Waals surface area contributed by atoms with Gasteiger partial charge >= 0.3 is 6.18 Å². The number of amides is 1. The van der Waals surface area contributed by atoms with Gasteiger partial charge in [-0.15, -0.1) is 0 Å². The predicted molar refractivity (Wildman–Crippen MR) is 60.8 cm³/mol. The lowest BCUT2D eigenvalue weighted by Gasteiger charge is -2.24. The normalized spacial score (nSPS) is 31.2. The van der Waals surface area contributed by atoms with Gasteiger partial charge in [0.1, 0.15) is 6.54 Å². The predicted octanol–water partition coefficient (Wildman–Crippen LogP) is 2.82. The van der Waals surface area contributed by atoms with Gasteiger partial charge in [-0.3, -0.25) is 4.79 Å². The van der Waals surface area contributed by atoms with Crippen LogP contribution >= 0.6 is 15.9 Å². The fraction of sp³-hybridized carbons (Fsp3) is 0.909. The van der Waals surface area contributed by atoms with Crippen molar-refractivity contribution in [3.63, 3.8) is 0 Å². The molecule has 6 heteroatoms. The highest BCUT2D eigenvalue weighted by atomic mass is 79.9. The number of hydrogen-bond donors (Lipinski definition) is 0. The van der Waals surface area contributed by atoms with Crippen LogP contribution in [0.4, 0.5) is 13.2 Å². The van der Waals surface area contributed by atoms with E-state index in [-0.39, 0.29) is 18.4 Å². The standard InChI is InChI=1S/C11H15BrF3NO/c12-4-5-16(6-11(13,14)15)10(17)9-7-2-1-3-8(7)9/h7-9H,1-6H2. The maximum atomic E-state index is 12.4. The smallest absolute Gasteiger partial charge is 0.332 e. The molecule has 0 N–H and O–H groups in total. The molecule has 2 aliphatic carbocycles. The van der Waals surface area contributed by atoms with Gasteiger partial charge in [0.15, 0.2) is 0 Å². The third kappa shape index (κ3) is 2.95. The maximum Gasteiger partial charge on any atom is 0.406 e. The number of carbonyl (C=O) groups is 1. The summed E-state index contributed by atoms with van der Waals surface area (Å²) in [4.78, 5) is 12.9. The van der Waals surface area contributed by atoms with E-state index in [0.29, 0.717) is 17.2 Å². The number of halogens is 4. The fourth-order valence-corrected chi connectivity index (χ4v) is 3.41. The van der Waals surface area contributed by atoms with Crippen LogP contribution in [0.3, 0.4) is 0 Å². The van der Waals surface area contributed by atoms with Crippen molar-refractivity contribution in [1.82, 2.24) is 4.90 Å². The minimum absolute atomic E-state index is 0.120. The molecule has 0 saturated heterocycles. The Hall–Kier alpha value is -0.260. The Kier molecular flexibility index (Phi) is 3.71. The lowest BCUT2D eigenvalue weighted by molar-refractivity contribution is -0.161. The number of nitrogens with zero attached hydrogens (tertiary/aromatic N) is 1. The molecule has 0 spiro atoms. The first-order valence-corrected chi connectivity index (χ1v) is 6.97. The summed E-state index contributed by atoms with van der Waals surface area (Å²) in [5.41, 5.74) is 0. The highest BCUT2D eigenvalue weighted by Gasteiger charge is 2.57. The zero-order valence-corrected chi connectivity index (χ0v) is 10.9. The largest absolute Gasteiger partial charge is 0.406 e.